The van der Waals surface area contributed by atoms with Crippen molar-refractivity contribution >= 4 is 52.6 Å². The molecule has 2 amide bonds. The summed E-state index contributed by atoms with van der Waals surface area (Å²) in [6.07, 6.45) is -0.119. The van der Waals surface area contributed by atoms with E-state index >= 15 is 0 Å². The number of hydrogen-bond acceptors (Lipinski definition) is 4. The van der Waals surface area contributed by atoms with Crippen molar-refractivity contribution in [2.24, 2.45) is 5.92 Å². The van der Waals surface area contributed by atoms with Gasteiger partial charge in [0.15, 0.2) is 6.61 Å². The molecule has 0 aliphatic carbocycles. The average Bonchev–Trinajstić information content (AvgIpc) is 3.13. The first kappa shape index (κ1) is 27.2. The molecule has 3 atom stereocenters. The summed E-state index contributed by atoms with van der Waals surface area (Å²) >= 11 is 17.8. The van der Waals surface area contributed by atoms with Crippen molar-refractivity contribution in [2.75, 3.05) is 6.61 Å². The molecule has 1 fully saturated rings. The van der Waals surface area contributed by atoms with Crippen molar-refractivity contribution in [1.82, 2.24) is 10.2 Å². The van der Waals surface area contributed by atoms with Crippen LogP contribution in [-0.2, 0) is 19.1 Å². The third-order valence-electron chi connectivity index (χ3n) is 5.80. The summed E-state index contributed by atoms with van der Waals surface area (Å²) in [4.78, 5) is 39.9. The zero-order valence-electron chi connectivity index (χ0n) is 19.7. The molecule has 3 unspecified atom stereocenters. The molecule has 6 nitrogen and oxygen atoms in total. The summed E-state index contributed by atoms with van der Waals surface area (Å²) in [7, 11) is 0. The van der Waals surface area contributed by atoms with Gasteiger partial charge in [-0.1, -0.05) is 46.9 Å². The molecule has 2 aromatic rings. The highest BCUT2D eigenvalue weighted by atomic mass is 35.5. The van der Waals surface area contributed by atoms with Crippen LogP contribution in [0.5, 0.6) is 0 Å². The number of hydrogen-bond donors (Lipinski definition) is 1. The number of amides is 2. The lowest BCUT2D eigenvalue weighted by Gasteiger charge is -2.38. The molecule has 0 bridgehead atoms. The number of esters is 1. The lowest BCUT2D eigenvalue weighted by molar-refractivity contribution is -0.153. The van der Waals surface area contributed by atoms with Gasteiger partial charge in [0.1, 0.15) is 5.82 Å². The average molecular weight is 544 g/mol. The minimum Gasteiger partial charge on any atom is -0.455 e. The maximum absolute atomic E-state index is 14.2. The Kier molecular flexibility index (Phi) is 8.35. The zero-order chi connectivity index (χ0) is 26.1. The number of likely N-dealkylation sites (tertiary alicyclic amines) is 1. The second-order valence-electron chi connectivity index (χ2n) is 9.43. The quantitative estimate of drug-likeness (QED) is 0.461. The molecular formula is C25H26Cl3FN2O4. The molecule has 0 aromatic heterocycles. The number of nitrogens with zero attached hydrogens (tertiary/aromatic N) is 1. The molecule has 2 aromatic carbocycles. The first-order chi connectivity index (χ1) is 16.3. The maximum atomic E-state index is 14.2. The van der Waals surface area contributed by atoms with E-state index in [1.165, 1.54) is 12.1 Å². The van der Waals surface area contributed by atoms with Gasteiger partial charge < -0.3 is 15.0 Å². The van der Waals surface area contributed by atoms with E-state index < -0.39 is 47.8 Å². The topological polar surface area (TPSA) is 75.7 Å². The van der Waals surface area contributed by atoms with Crippen molar-refractivity contribution in [2.45, 2.75) is 51.7 Å². The molecule has 0 spiro atoms. The Morgan fingerprint density at radius 3 is 2.37 bits per heavy atom. The van der Waals surface area contributed by atoms with Crippen molar-refractivity contribution in [1.29, 1.82) is 0 Å². The largest absolute Gasteiger partial charge is 0.455 e. The van der Waals surface area contributed by atoms with Gasteiger partial charge in [-0.15, -0.1) is 0 Å². The molecule has 3 rings (SSSR count). The van der Waals surface area contributed by atoms with Crippen LogP contribution in [0.15, 0.2) is 36.4 Å². The van der Waals surface area contributed by atoms with Gasteiger partial charge in [0, 0.05) is 12.0 Å². The van der Waals surface area contributed by atoms with E-state index in [1.54, 1.807) is 36.1 Å². The zero-order valence-corrected chi connectivity index (χ0v) is 22.0. The molecule has 10 heteroatoms. The number of rotatable bonds is 6. The van der Waals surface area contributed by atoms with E-state index in [0.29, 0.717) is 15.6 Å². The van der Waals surface area contributed by atoms with E-state index in [2.05, 4.69) is 5.32 Å². The number of carbonyl (C=O) groups is 3. The van der Waals surface area contributed by atoms with Gasteiger partial charge in [-0.05, 0) is 63.1 Å². The Bertz CT molecular complexity index is 1150. The molecule has 1 aliphatic heterocycles. The summed E-state index contributed by atoms with van der Waals surface area (Å²) < 4.78 is 19.5. The molecule has 1 heterocycles. The van der Waals surface area contributed by atoms with E-state index in [-0.39, 0.29) is 17.4 Å². The number of ether oxygens (including phenoxy) is 1. The van der Waals surface area contributed by atoms with Crippen molar-refractivity contribution in [3.05, 3.63) is 68.4 Å². The van der Waals surface area contributed by atoms with Gasteiger partial charge in [0.2, 0.25) is 5.91 Å². The third-order valence-corrected chi connectivity index (χ3v) is 6.85. The number of halogens is 4. The van der Waals surface area contributed by atoms with Gasteiger partial charge in [0.05, 0.1) is 33.1 Å². The van der Waals surface area contributed by atoms with Crippen LogP contribution in [0.3, 0.4) is 0 Å². The van der Waals surface area contributed by atoms with Crippen LogP contribution in [0.25, 0.3) is 0 Å². The van der Waals surface area contributed by atoms with Crippen molar-refractivity contribution in [3.63, 3.8) is 0 Å². The lowest BCUT2D eigenvalue weighted by Crippen LogP contribution is -2.44. The smallest absolute Gasteiger partial charge is 0.312 e. The van der Waals surface area contributed by atoms with Gasteiger partial charge >= 0.3 is 5.97 Å². The van der Waals surface area contributed by atoms with Crippen molar-refractivity contribution < 1.29 is 23.5 Å². The first-order valence-corrected chi connectivity index (χ1v) is 12.1. The first-order valence-electron chi connectivity index (χ1n) is 11.0. The molecule has 35 heavy (non-hydrogen) atoms. The van der Waals surface area contributed by atoms with Crippen LogP contribution in [0.2, 0.25) is 15.1 Å². The summed E-state index contributed by atoms with van der Waals surface area (Å²) in [6.45, 7) is 6.70. The second-order valence-corrected chi connectivity index (χ2v) is 10.7. The maximum Gasteiger partial charge on any atom is 0.312 e. The fourth-order valence-electron chi connectivity index (χ4n) is 4.21. The molecule has 1 saturated heterocycles. The standard InChI is InChI=1S/C25H26Cl3FN2O4/c1-13(14-5-7-17(26)19(28)9-14)30-21(32)12-35-24(34)16-11-22(33)31(25(2,3)4)23(16)15-6-8-18(27)20(29)10-15/h5-10,13,16,23H,11-12H2,1-4H3,(H,30,32). The Balaban J connectivity index is 1.72. The molecule has 188 valence electrons. The minimum atomic E-state index is -0.914. The minimum absolute atomic E-state index is 0.0627. The Hall–Kier alpha value is -2.35. The summed E-state index contributed by atoms with van der Waals surface area (Å²) in [5, 5.41) is 3.42. The molecule has 0 radical (unpaired) electrons. The SMILES string of the molecule is CC(NC(=O)COC(=O)C1CC(=O)N(C(C)(C)C)C1c1ccc(Cl)c(F)c1)c1ccc(Cl)c(Cl)c1. The Morgan fingerprint density at radius 2 is 1.77 bits per heavy atom. The van der Waals surface area contributed by atoms with E-state index in [4.69, 9.17) is 39.5 Å². The monoisotopic (exact) mass is 542 g/mol. The van der Waals surface area contributed by atoms with Gasteiger partial charge in [0.25, 0.3) is 5.91 Å². The number of benzene rings is 2. The van der Waals surface area contributed by atoms with Crippen LogP contribution in [0.4, 0.5) is 4.39 Å². The van der Waals surface area contributed by atoms with E-state index in [1.807, 2.05) is 20.8 Å². The fourth-order valence-corrected chi connectivity index (χ4v) is 4.63. The van der Waals surface area contributed by atoms with Crippen LogP contribution in [0, 0.1) is 11.7 Å². The van der Waals surface area contributed by atoms with E-state index in [0.717, 1.165) is 5.56 Å². The lowest BCUT2D eigenvalue weighted by atomic mass is 9.91. The predicted molar refractivity (Wildman–Crippen MR) is 133 cm³/mol. The number of carbonyl (C=O) groups excluding carboxylic acids is 3. The van der Waals surface area contributed by atoms with Crippen LogP contribution in [-0.4, -0.2) is 34.8 Å². The van der Waals surface area contributed by atoms with Crippen LogP contribution < -0.4 is 5.32 Å². The fraction of sp³-hybridized carbons (Fsp3) is 0.400. The molecule has 0 saturated carbocycles. The Morgan fingerprint density at radius 1 is 1.11 bits per heavy atom. The highest BCUT2D eigenvalue weighted by molar-refractivity contribution is 6.42. The van der Waals surface area contributed by atoms with Crippen LogP contribution >= 0.6 is 34.8 Å². The molecule has 1 aliphatic rings. The third kappa shape index (κ3) is 6.26. The highest BCUT2D eigenvalue weighted by Gasteiger charge is 2.49. The second kappa shape index (κ2) is 10.7. The Labute approximate surface area is 218 Å². The van der Waals surface area contributed by atoms with E-state index in [9.17, 15) is 18.8 Å². The predicted octanol–water partition coefficient (Wildman–Crippen LogP) is 5.89. The van der Waals surface area contributed by atoms with Gasteiger partial charge in [-0.2, -0.15) is 0 Å². The van der Waals surface area contributed by atoms with Crippen molar-refractivity contribution in [3.8, 4) is 0 Å². The number of nitrogens with one attached hydrogen (secondary N) is 1. The summed E-state index contributed by atoms with van der Waals surface area (Å²) in [6, 6.07) is 8.00. The highest BCUT2D eigenvalue weighted by Crippen LogP contribution is 2.43. The summed E-state index contributed by atoms with van der Waals surface area (Å²) in [5.41, 5.74) is 0.512. The summed E-state index contributed by atoms with van der Waals surface area (Å²) in [5.74, 6) is -3.08. The normalized spacial score (nSPS) is 19.0. The van der Waals surface area contributed by atoms with Crippen LogP contribution in [0.1, 0.15) is 57.3 Å². The molecular weight excluding hydrogens is 518 g/mol. The van der Waals surface area contributed by atoms with Gasteiger partial charge in [-0.3, -0.25) is 14.4 Å². The molecule has 1 N–H and O–H groups in total. The van der Waals surface area contributed by atoms with Gasteiger partial charge in [-0.25, -0.2) is 4.39 Å².